The van der Waals surface area contributed by atoms with Gasteiger partial charge in [0.05, 0.1) is 12.1 Å². The minimum Gasteiger partial charge on any atom is -0.369 e. The molecule has 0 bridgehead atoms. The molecular formula is C17H18N4O3S. The molecule has 1 aromatic carbocycles. The highest BCUT2D eigenvalue weighted by Crippen LogP contribution is 2.22. The molecule has 130 valence electrons. The lowest BCUT2D eigenvalue weighted by Gasteiger charge is -2.26. The average molecular weight is 358 g/mol. The van der Waals surface area contributed by atoms with Crippen LogP contribution in [0.25, 0.3) is 0 Å². The molecule has 0 aliphatic carbocycles. The fraction of sp³-hybridized carbons (Fsp3) is 0.294. The second-order valence-corrected chi connectivity index (χ2v) is 6.65. The highest BCUT2D eigenvalue weighted by atomic mass is 32.1. The van der Waals surface area contributed by atoms with Crippen molar-refractivity contribution in [3.05, 3.63) is 40.9 Å². The minimum absolute atomic E-state index is 0.0466. The molecule has 1 aliphatic rings. The summed E-state index contributed by atoms with van der Waals surface area (Å²) in [5.74, 6) is -0.643. The van der Waals surface area contributed by atoms with E-state index in [2.05, 4.69) is 10.3 Å². The zero-order valence-electron chi connectivity index (χ0n) is 13.5. The number of nitrogens with one attached hydrogen (secondary N) is 1. The van der Waals surface area contributed by atoms with E-state index < -0.39 is 5.91 Å². The first-order chi connectivity index (χ1) is 12.0. The van der Waals surface area contributed by atoms with Gasteiger partial charge in [0, 0.05) is 29.6 Å². The van der Waals surface area contributed by atoms with Crippen LogP contribution in [0.1, 0.15) is 35.3 Å². The lowest BCUT2D eigenvalue weighted by molar-refractivity contribution is -0.119. The molecule has 7 nitrogen and oxygen atoms in total. The highest BCUT2D eigenvalue weighted by Gasteiger charge is 2.19. The lowest BCUT2D eigenvalue weighted by Crippen LogP contribution is -2.35. The highest BCUT2D eigenvalue weighted by molar-refractivity contribution is 7.14. The number of primary amides is 1. The average Bonchev–Trinajstić information content (AvgIpc) is 3.01. The second kappa shape index (κ2) is 7.43. The molecule has 0 unspecified atom stereocenters. The first-order valence-electron chi connectivity index (χ1n) is 7.97. The fourth-order valence-corrected chi connectivity index (χ4v) is 3.37. The molecule has 2 aromatic rings. The number of hydrogen-bond donors (Lipinski definition) is 2. The Morgan fingerprint density at radius 2 is 2.00 bits per heavy atom. The first-order valence-corrected chi connectivity index (χ1v) is 8.85. The van der Waals surface area contributed by atoms with E-state index in [4.69, 9.17) is 5.73 Å². The smallest absolute Gasteiger partial charge is 0.257 e. The van der Waals surface area contributed by atoms with Crippen LogP contribution in [0.4, 0.5) is 10.8 Å². The van der Waals surface area contributed by atoms with Crippen LogP contribution >= 0.6 is 11.3 Å². The summed E-state index contributed by atoms with van der Waals surface area (Å²) in [4.78, 5) is 41.0. The third-order valence-corrected chi connectivity index (χ3v) is 4.70. The summed E-state index contributed by atoms with van der Waals surface area (Å²) in [5.41, 5.74) is 6.93. The summed E-state index contributed by atoms with van der Waals surface area (Å²) < 4.78 is 0. The van der Waals surface area contributed by atoms with Crippen LogP contribution in [0, 0.1) is 0 Å². The summed E-state index contributed by atoms with van der Waals surface area (Å²) >= 11 is 1.24. The van der Waals surface area contributed by atoms with Crippen LogP contribution in [0.2, 0.25) is 0 Å². The van der Waals surface area contributed by atoms with Gasteiger partial charge >= 0.3 is 0 Å². The molecule has 1 aromatic heterocycles. The van der Waals surface area contributed by atoms with E-state index >= 15 is 0 Å². The number of benzene rings is 1. The van der Waals surface area contributed by atoms with Crippen molar-refractivity contribution in [3.63, 3.8) is 0 Å². The van der Waals surface area contributed by atoms with Crippen LogP contribution in [-0.2, 0) is 16.0 Å². The van der Waals surface area contributed by atoms with Gasteiger partial charge in [-0.25, -0.2) is 4.98 Å². The molecule has 3 amide bonds. The Hall–Kier alpha value is -2.74. The summed E-state index contributed by atoms with van der Waals surface area (Å²) in [5, 5.41) is 4.79. The van der Waals surface area contributed by atoms with Gasteiger partial charge in [-0.1, -0.05) is 0 Å². The first kappa shape index (κ1) is 17.1. The Kier molecular flexibility index (Phi) is 5.08. The zero-order chi connectivity index (χ0) is 17.8. The van der Waals surface area contributed by atoms with E-state index in [9.17, 15) is 14.4 Å². The van der Waals surface area contributed by atoms with E-state index in [-0.39, 0.29) is 18.2 Å². The second-order valence-electron chi connectivity index (χ2n) is 5.79. The number of anilines is 2. The van der Waals surface area contributed by atoms with Crippen LogP contribution < -0.4 is 16.0 Å². The number of thiazole rings is 1. The fourth-order valence-electron chi connectivity index (χ4n) is 2.67. The van der Waals surface area contributed by atoms with Gasteiger partial charge in [-0.05, 0) is 37.1 Å². The number of carbonyl (C=O) groups is 3. The normalized spacial score (nSPS) is 14.4. The molecule has 0 radical (unpaired) electrons. The maximum Gasteiger partial charge on any atom is 0.257 e. The molecule has 0 saturated carbocycles. The number of piperidine rings is 1. The summed E-state index contributed by atoms with van der Waals surface area (Å²) in [6.45, 7) is 0.714. The van der Waals surface area contributed by atoms with Crippen LogP contribution in [0.5, 0.6) is 0 Å². The summed E-state index contributed by atoms with van der Waals surface area (Å²) in [6.07, 6.45) is 2.54. The number of nitrogens with two attached hydrogens (primary N) is 1. The molecule has 0 atom stereocenters. The van der Waals surface area contributed by atoms with Gasteiger partial charge in [-0.3, -0.25) is 19.7 Å². The zero-order valence-corrected chi connectivity index (χ0v) is 14.3. The van der Waals surface area contributed by atoms with Gasteiger partial charge in [0.25, 0.3) is 5.91 Å². The molecule has 1 aliphatic heterocycles. The van der Waals surface area contributed by atoms with Gasteiger partial charge in [-0.15, -0.1) is 11.3 Å². The number of nitrogens with zero attached hydrogens (tertiary/aromatic N) is 2. The molecule has 1 saturated heterocycles. The Morgan fingerprint density at radius 3 is 2.68 bits per heavy atom. The van der Waals surface area contributed by atoms with Crippen molar-refractivity contribution >= 4 is 39.9 Å². The molecule has 0 spiro atoms. The molecule has 1 fully saturated rings. The molecule has 8 heteroatoms. The molecule has 3 N–H and O–H groups in total. The van der Waals surface area contributed by atoms with Crippen molar-refractivity contribution in [2.45, 2.75) is 25.7 Å². The predicted molar refractivity (Wildman–Crippen MR) is 95.6 cm³/mol. The summed E-state index contributed by atoms with van der Waals surface area (Å²) in [7, 11) is 0. The summed E-state index contributed by atoms with van der Waals surface area (Å²) in [6, 6.07) is 6.92. The van der Waals surface area contributed by atoms with Gasteiger partial charge in [-0.2, -0.15) is 0 Å². The number of amides is 3. The Bertz CT molecular complexity index is 800. The maximum atomic E-state index is 12.3. The van der Waals surface area contributed by atoms with Crippen LogP contribution in [0.3, 0.4) is 0 Å². The topological polar surface area (TPSA) is 105 Å². The number of carbonyl (C=O) groups excluding carboxylic acids is 3. The maximum absolute atomic E-state index is 12.3. The quantitative estimate of drug-likeness (QED) is 0.852. The molecule has 25 heavy (non-hydrogen) atoms. The Labute approximate surface area is 148 Å². The largest absolute Gasteiger partial charge is 0.369 e. The minimum atomic E-state index is -0.467. The number of aromatic nitrogens is 1. The van der Waals surface area contributed by atoms with Gasteiger partial charge < -0.3 is 10.6 Å². The van der Waals surface area contributed by atoms with Gasteiger partial charge in [0.2, 0.25) is 11.8 Å². The monoisotopic (exact) mass is 358 g/mol. The van der Waals surface area contributed by atoms with Gasteiger partial charge in [0.15, 0.2) is 5.13 Å². The van der Waals surface area contributed by atoms with E-state index in [0.29, 0.717) is 29.4 Å². The van der Waals surface area contributed by atoms with Crippen LogP contribution in [-0.4, -0.2) is 29.3 Å². The van der Waals surface area contributed by atoms with Crippen molar-refractivity contribution in [2.24, 2.45) is 5.73 Å². The SMILES string of the molecule is NC(=O)Cc1csc(NC(=O)c2ccc(N3CCCCC3=O)cc2)n1. The van der Waals surface area contributed by atoms with Crippen molar-refractivity contribution in [1.29, 1.82) is 0 Å². The standard InChI is InChI=1S/C17H18N4O3S/c18-14(22)9-12-10-25-17(19-12)20-16(24)11-4-6-13(7-5-11)21-8-2-1-3-15(21)23/h4-7,10H,1-3,8-9H2,(H2,18,22)(H,19,20,24). The molecule has 3 rings (SSSR count). The lowest BCUT2D eigenvalue weighted by atomic mass is 10.1. The van der Waals surface area contributed by atoms with Gasteiger partial charge in [0.1, 0.15) is 0 Å². The number of rotatable bonds is 5. The third kappa shape index (κ3) is 4.21. The van der Waals surface area contributed by atoms with Crippen molar-refractivity contribution in [1.82, 2.24) is 4.98 Å². The molecule has 2 heterocycles. The number of hydrogen-bond acceptors (Lipinski definition) is 5. The third-order valence-electron chi connectivity index (χ3n) is 3.89. The van der Waals surface area contributed by atoms with E-state index in [1.807, 2.05) is 0 Å². The Morgan fingerprint density at radius 1 is 1.24 bits per heavy atom. The predicted octanol–water partition coefficient (Wildman–Crippen LogP) is 1.94. The van der Waals surface area contributed by atoms with Crippen molar-refractivity contribution < 1.29 is 14.4 Å². The van der Waals surface area contributed by atoms with Crippen molar-refractivity contribution in [3.8, 4) is 0 Å². The van der Waals surface area contributed by atoms with E-state index in [1.165, 1.54) is 11.3 Å². The van der Waals surface area contributed by atoms with E-state index in [0.717, 1.165) is 18.5 Å². The molecular weight excluding hydrogens is 340 g/mol. The van der Waals surface area contributed by atoms with E-state index in [1.54, 1.807) is 34.5 Å². The Balaban J connectivity index is 1.65. The van der Waals surface area contributed by atoms with Crippen LogP contribution in [0.15, 0.2) is 29.6 Å². The van der Waals surface area contributed by atoms with Crippen molar-refractivity contribution in [2.75, 3.05) is 16.8 Å².